The van der Waals surface area contributed by atoms with Crippen molar-refractivity contribution in [3.8, 4) is 0 Å². The highest BCUT2D eigenvalue weighted by molar-refractivity contribution is 14.0. The Labute approximate surface area is 183 Å². The quantitative estimate of drug-likeness (QED) is 0.267. The summed E-state index contributed by atoms with van der Waals surface area (Å²) < 4.78 is 12.9. The van der Waals surface area contributed by atoms with E-state index >= 15 is 0 Å². The van der Waals surface area contributed by atoms with E-state index in [4.69, 9.17) is 0 Å². The van der Waals surface area contributed by atoms with E-state index in [2.05, 4.69) is 46.8 Å². The van der Waals surface area contributed by atoms with Gasteiger partial charge in [0, 0.05) is 33.7 Å². The van der Waals surface area contributed by atoms with Crippen molar-refractivity contribution in [2.24, 2.45) is 4.99 Å². The van der Waals surface area contributed by atoms with E-state index < -0.39 is 0 Å². The van der Waals surface area contributed by atoms with Crippen molar-refractivity contribution in [3.63, 3.8) is 0 Å². The van der Waals surface area contributed by atoms with Crippen LogP contribution in [0.5, 0.6) is 0 Å². The molecule has 0 fully saturated rings. The second-order valence-corrected chi connectivity index (χ2v) is 6.47. The Hall–Kier alpha value is -2.16. The monoisotopic (exact) mass is 498 g/mol. The molecule has 0 saturated carbocycles. The minimum Gasteiger partial charge on any atom is -0.354 e. The Bertz CT molecular complexity index is 763. The van der Waals surface area contributed by atoms with Gasteiger partial charge in [-0.1, -0.05) is 42.0 Å². The van der Waals surface area contributed by atoms with Gasteiger partial charge in [0.1, 0.15) is 5.82 Å². The van der Waals surface area contributed by atoms with Crippen LogP contribution in [0.3, 0.4) is 0 Å². The molecule has 0 atom stereocenters. The zero-order valence-corrected chi connectivity index (χ0v) is 18.9. The van der Waals surface area contributed by atoms with E-state index in [1.165, 1.54) is 23.3 Å². The van der Waals surface area contributed by atoms with Crippen LogP contribution in [-0.4, -0.2) is 44.0 Å². The van der Waals surface area contributed by atoms with Gasteiger partial charge in [-0.2, -0.15) is 0 Å². The van der Waals surface area contributed by atoms with Crippen molar-refractivity contribution in [2.75, 3.05) is 27.2 Å². The van der Waals surface area contributed by atoms with E-state index in [0.29, 0.717) is 13.1 Å². The van der Waals surface area contributed by atoms with Crippen molar-refractivity contribution in [1.29, 1.82) is 0 Å². The largest absolute Gasteiger partial charge is 0.354 e. The van der Waals surface area contributed by atoms with Gasteiger partial charge in [0.2, 0.25) is 5.91 Å². The van der Waals surface area contributed by atoms with Crippen LogP contribution in [0.15, 0.2) is 53.5 Å². The highest BCUT2D eigenvalue weighted by Crippen LogP contribution is 2.06. The van der Waals surface area contributed by atoms with Crippen LogP contribution in [0.25, 0.3) is 0 Å². The summed E-state index contributed by atoms with van der Waals surface area (Å²) in [4.78, 5) is 18.3. The van der Waals surface area contributed by atoms with Crippen LogP contribution in [0, 0.1) is 12.7 Å². The third-order valence-electron chi connectivity index (χ3n) is 4.12. The highest BCUT2D eigenvalue weighted by Gasteiger charge is 2.07. The summed E-state index contributed by atoms with van der Waals surface area (Å²) >= 11 is 0. The molecule has 0 spiro atoms. The predicted molar refractivity (Wildman–Crippen MR) is 123 cm³/mol. The van der Waals surface area contributed by atoms with E-state index in [1.54, 1.807) is 19.2 Å². The van der Waals surface area contributed by atoms with Gasteiger partial charge >= 0.3 is 0 Å². The lowest BCUT2D eigenvalue weighted by atomic mass is 10.1. The first kappa shape index (κ1) is 23.9. The second kappa shape index (κ2) is 12.3. The van der Waals surface area contributed by atoms with E-state index in [1.807, 2.05) is 11.9 Å². The van der Waals surface area contributed by atoms with Gasteiger partial charge < -0.3 is 15.5 Å². The molecule has 0 aliphatic heterocycles. The number of guanidine groups is 1. The Morgan fingerprint density at radius 2 is 1.57 bits per heavy atom. The first-order valence-corrected chi connectivity index (χ1v) is 8.96. The molecule has 0 saturated heterocycles. The van der Waals surface area contributed by atoms with Gasteiger partial charge in [0.15, 0.2) is 5.96 Å². The minimum absolute atomic E-state index is 0. The lowest BCUT2D eigenvalue weighted by molar-refractivity contribution is -0.120. The molecular formula is C21H28FIN4O. The summed E-state index contributed by atoms with van der Waals surface area (Å²) in [5.74, 6) is 0.374. The molecule has 0 aliphatic rings. The fourth-order valence-corrected chi connectivity index (χ4v) is 2.65. The number of halogens is 2. The van der Waals surface area contributed by atoms with Gasteiger partial charge in [-0.05, 0) is 30.2 Å². The normalized spacial score (nSPS) is 10.8. The maximum absolute atomic E-state index is 12.9. The average Bonchev–Trinajstić information content (AvgIpc) is 2.65. The van der Waals surface area contributed by atoms with Crippen LogP contribution in [0.2, 0.25) is 0 Å². The molecule has 0 aliphatic carbocycles. The molecular weight excluding hydrogens is 470 g/mol. The molecule has 2 N–H and O–H groups in total. The fraction of sp³-hybridized carbons (Fsp3) is 0.333. The molecule has 0 bridgehead atoms. The number of amides is 1. The van der Waals surface area contributed by atoms with Crippen LogP contribution in [0.1, 0.15) is 16.7 Å². The van der Waals surface area contributed by atoms with Gasteiger partial charge in [0.05, 0.1) is 6.42 Å². The van der Waals surface area contributed by atoms with Crippen LogP contribution in [0.4, 0.5) is 4.39 Å². The molecule has 2 aromatic rings. The zero-order valence-electron chi connectivity index (χ0n) is 16.5. The Kier molecular flexibility index (Phi) is 10.5. The molecule has 0 radical (unpaired) electrons. The third-order valence-corrected chi connectivity index (χ3v) is 4.12. The molecule has 7 heteroatoms. The summed E-state index contributed by atoms with van der Waals surface area (Å²) in [5.41, 5.74) is 3.23. The number of benzene rings is 2. The molecule has 28 heavy (non-hydrogen) atoms. The van der Waals surface area contributed by atoms with Crippen molar-refractivity contribution in [1.82, 2.24) is 15.5 Å². The number of aryl methyl sites for hydroxylation is 1. The maximum Gasteiger partial charge on any atom is 0.224 e. The first-order valence-electron chi connectivity index (χ1n) is 8.96. The number of hydrogen-bond donors (Lipinski definition) is 2. The molecule has 0 unspecified atom stereocenters. The van der Waals surface area contributed by atoms with E-state index in [0.717, 1.165) is 18.1 Å². The van der Waals surface area contributed by atoms with Crippen molar-refractivity contribution in [3.05, 3.63) is 71.0 Å². The Balaban J connectivity index is 0.00000392. The van der Waals surface area contributed by atoms with E-state index in [9.17, 15) is 9.18 Å². The maximum atomic E-state index is 12.9. The van der Waals surface area contributed by atoms with Gasteiger partial charge in [-0.25, -0.2) is 4.39 Å². The standard InChI is InChI=1S/C21H27FN4O.HI/c1-16-4-6-18(7-5-16)15-26(3)21(23-2)25-13-12-24-20(27)14-17-8-10-19(22)11-9-17;/h4-11H,12-15H2,1-3H3,(H,23,25)(H,24,27);1H. The van der Waals surface area contributed by atoms with Gasteiger partial charge in [0.25, 0.3) is 0 Å². The fourth-order valence-electron chi connectivity index (χ4n) is 2.65. The third kappa shape index (κ3) is 8.24. The summed E-state index contributed by atoms with van der Waals surface area (Å²) in [5, 5.41) is 6.09. The Morgan fingerprint density at radius 3 is 2.18 bits per heavy atom. The average molecular weight is 498 g/mol. The number of rotatable bonds is 7. The number of nitrogens with zero attached hydrogens (tertiary/aromatic N) is 2. The lowest BCUT2D eigenvalue weighted by Crippen LogP contribution is -2.42. The van der Waals surface area contributed by atoms with Crippen LogP contribution < -0.4 is 10.6 Å². The minimum atomic E-state index is -0.301. The van der Waals surface area contributed by atoms with Crippen LogP contribution in [-0.2, 0) is 17.8 Å². The van der Waals surface area contributed by atoms with E-state index in [-0.39, 0.29) is 42.1 Å². The Morgan fingerprint density at radius 1 is 1.00 bits per heavy atom. The summed E-state index contributed by atoms with van der Waals surface area (Å²) in [7, 11) is 3.71. The molecule has 0 aromatic heterocycles. The second-order valence-electron chi connectivity index (χ2n) is 6.47. The van der Waals surface area contributed by atoms with Crippen LogP contribution >= 0.6 is 24.0 Å². The summed E-state index contributed by atoms with van der Waals surface area (Å²) in [6.45, 7) is 3.87. The molecule has 152 valence electrons. The molecule has 0 heterocycles. The lowest BCUT2D eigenvalue weighted by Gasteiger charge is -2.22. The molecule has 1 amide bonds. The van der Waals surface area contributed by atoms with Crippen molar-refractivity contribution in [2.45, 2.75) is 19.9 Å². The number of carbonyl (C=O) groups excluding carboxylic acids is 1. The highest BCUT2D eigenvalue weighted by atomic mass is 127. The zero-order chi connectivity index (χ0) is 19.6. The molecule has 2 rings (SSSR count). The smallest absolute Gasteiger partial charge is 0.224 e. The van der Waals surface area contributed by atoms with Crippen molar-refractivity contribution < 1.29 is 9.18 Å². The predicted octanol–water partition coefficient (Wildman–Crippen LogP) is 3.12. The number of carbonyl (C=O) groups is 1. The molecule has 2 aromatic carbocycles. The number of aliphatic imine (C=N–C) groups is 1. The first-order chi connectivity index (χ1) is 13.0. The topological polar surface area (TPSA) is 56.7 Å². The number of hydrogen-bond acceptors (Lipinski definition) is 2. The summed E-state index contributed by atoms with van der Waals surface area (Å²) in [6, 6.07) is 14.4. The van der Waals surface area contributed by atoms with Gasteiger partial charge in [-0.15, -0.1) is 24.0 Å². The SMILES string of the molecule is CN=C(NCCNC(=O)Cc1ccc(F)cc1)N(C)Cc1ccc(C)cc1.I. The van der Waals surface area contributed by atoms with Crippen molar-refractivity contribution >= 4 is 35.8 Å². The molecule has 5 nitrogen and oxygen atoms in total. The number of nitrogens with one attached hydrogen (secondary N) is 2. The van der Waals surface area contributed by atoms with Gasteiger partial charge in [-0.3, -0.25) is 9.79 Å². The summed E-state index contributed by atoms with van der Waals surface area (Å²) in [6.07, 6.45) is 0.238.